The third-order valence-electron chi connectivity index (χ3n) is 4.41. The molecule has 2 atom stereocenters. The van der Waals surface area contributed by atoms with Gasteiger partial charge in [-0.1, -0.05) is 12.7 Å². The molecule has 7 nitrogen and oxygen atoms in total. The van der Waals surface area contributed by atoms with Gasteiger partial charge in [0.25, 0.3) is 5.91 Å². The highest BCUT2D eigenvalue weighted by atomic mass is 32.1. The lowest BCUT2D eigenvalue weighted by atomic mass is 10.2. The summed E-state index contributed by atoms with van der Waals surface area (Å²) in [5.74, 6) is 0.176. The highest BCUT2D eigenvalue weighted by molar-refractivity contribution is 7.19. The van der Waals surface area contributed by atoms with Crippen LogP contribution in [-0.2, 0) is 0 Å². The van der Waals surface area contributed by atoms with Gasteiger partial charge in [-0.05, 0) is 39.1 Å². The molecular formula is C19H23N5O2S. The third kappa shape index (κ3) is 4.06. The van der Waals surface area contributed by atoms with E-state index in [0.29, 0.717) is 36.8 Å². The highest BCUT2D eigenvalue weighted by Crippen LogP contribution is 2.29. The standard InChI is InChI=1S/C19H23N5O2S/c1-5-6-14(20-4)12(3)21-19-22-15-9-11(2)27-17(15)16(23-19)18(26)24-8-7-13(25)10-24/h5-6,9,12-13,25H,1,4,7-8,10H2,2-3H3,(H,21,22,23)/b14-6-/t12?,13-/m1/s1. The Kier molecular flexibility index (Phi) is 5.67. The van der Waals surface area contributed by atoms with Crippen molar-refractivity contribution < 1.29 is 9.90 Å². The minimum atomic E-state index is -0.473. The number of rotatable bonds is 6. The van der Waals surface area contributed by atoms with Crippen LogP contribution in [0.25, 0.3) is 10.2 Å². The molecule has 0 radical (unpaired) electrons. The first kappa shape index (κ1) is 19.2. The molecule has 1 aliphatic heterocycles. The van der Waals surface area contributed by atoms with Crippen LogP contribution >= 0.6 is 11.3 Å². The fraction of sp³-hybridized carbons (Fsp3) is 0.368. The number of nitrogens with zero attached hydrogens (tertiary/aromatic N) is 4. The Morgan fingerprint density at radius 2 is 2.33 bits per heavy atom. The lowest BCUT2D eigenvalue weighted by Gasteiger charge is -2.17. The second kappa shape index (κ2) is 7.98. The normalized spacial score (nSPS) is 18.6. The number of fused-ring (bicyclic) bond motifs is 1. The van der Waals surface area contributed by atoms with E-state index in [1.165, 1.54) is 11.3 Å². The van der Waals surface area contributed by atoms with Crippen molar-refractivity contribution in [3.63, 3.8) is 0 Å². The number of thiophene rings is 1. The number of amides is 1. The SMILES string of the molecule is C=C/C=C(\N=C)C(C)Nc1nc(C(=O)N2CC[C@@H](O)C2)c2sc(C)cc2n1. The molecule has 3 rings (SSSR count). The maximum atomic E-state index is 13.0. The Hall–Kier alpha value is -2.58. The molecule has 1 amide bonds. The summed E-state index contributed by atoms with van der Waals surface area (Å²) in [5.41, 5.74) is 1.79. The van der Waals surface area contributed by atoms with Gasteiger partial charge >= 0.3 is 0 Å². The Balaban J connectivity index is 1.98. The van der Waals surface area contributed by atoms with Gasteiger partial charge in [0.05, 0.1) is 28.1 Å². The van der Waals surface area contributed by atoms with Crippen LogP contribution in [0.3, 0.4) is 0 Å². The van der Waals surface area contributed by atoms with Crippen molar-refractivity contribution in [2.45, 2.75) is 32.4 Å². The number of likely N-dealkylation sites (tertiary alicyclic amines) is 1. The number of aliphatic imine (C=N–C) groups is 1. The van der Waals surface area contributed by atoms with Crippen molar-refractivity contribution in [2.75, 3.05) is 18.4 Å². The van der Waals surface area contributed by atoms with E-state index in [1.807, 2.05) is 19.9 Å². The summed E-state index contributed by atoms with van der Waals surface area (Å²) in [5, 5.41) is 12.9. The molecule has 3 heterocycles. The molecule has 2 aromatic heterocycles. The number of nitrogens with one attached hydrogen (secondary N) is 1. The first-order chi connectivity index (χ1) is 12.9. The zero-order valence-electron chi connectivity index (χ0n) is 15.5. The molecule has 0 bridgehead atoms. The van der Waals surface area contributed by atoms with Gasteiger partial charge in [0.15, 0.2) is 5.69 Å². The number of carbonyl (C=O) groups excluding carboxylic acids is 1. The van der Waals surface area contributed by atoms with E-state index in [0.717, 1.165) is 15.1 Å². The summed E-state index contributed by atoms with van der Waals surface area (Å²) < 4.78 is 0.765. The molecule has 0 spiro atoms. The number of aliphatic hydroxyl groups excluding tert-OH is 1. The lowest BCUT2D eigenvalue weighted by Crippen LogP contribution is -2.30. The van der Waals surface area contributed by atoms with Crippen LogP contribution in [0.1, 0.15) is 28.7 Å². The van der Waals surface area contributed by atoms with E-state index in [1.54, 1.807) is 17.1 Å². The third-order valence-corrected chi connectivity index (χ3v) is 5.45. The van der Waals surface area contributed by atoms with Crippen LogP contribution in [-0.4, -0.2) is 57.8 Å². The second-order valence-electron chi connectivity index (χ2n) is 6.51. The molecule has 27 heavy (non-hydrogen) atoms. The average molecular weight is 385 g/mol. The molecule has 2 aromatic rings. The molecule has 1 fully saturated rings. The smallest absolute Gasteiger partial charge is 0.274 e. The van der Waals surface area contributed by atoms with E-state index >= 15 is 0 Å². The summed E-state index contributed by atoms with van der Waals surface area (Å²) in [7, 11) is 0. The summed E-state index contributed by atoms with van der Waals surface area (Å²) in [6.45, 7) is 12.0. The Bertz CT molecular complexity index is 920. The van der Waals surface area contributed by atoms with Crippen LogP contribution in [0, 0.1) is 6.92 Å². The number of β-amino-alcohol motifs (C(OH)–C–C–N with tert-alkyl or cyclic N) is 1. The monoisotopic (exact) mass is 385 g/mol. The van der Waals surface area contributed by atoms with Crippen molar-refractivity contribution in [3.05, 3.63) is 41.1 Å². The molecule has 1 saturated heterocycles. The molecule has 0 aromatic carbocycles. The molecule has 142 valence electrons. The minimum Gasteiger partial charge on any atom is -0.391 e. The maximum absolute atomic E-state index is 13.0. The van der Waals surface area contributed by atoms with Crippen LogP contribution in [0.2, 0.25) is 0 Å². The first-order valence-electron chi connectivity index (χ1n) is 8.74. The number of carbonyl (C=O) groups is 1. The fourth-order valence-corrected chi connectivity index (χ4v) is 3.99. The van der Waals surface area contributed by atoms with Gasteiger partial charge in [0.2, 0.25) is 5.95 Å². The number of aromatic nitrogens is 2. The van der Waals surface area contributed by atoms with Crippen molar-refractivity contribution in [1.29, 1.82) is 0 Å². The number of aryl methyl sites for hydroxylation is 1. The molecule has 8 heteroatoms. The van der Waals surface area contributed by atoms with E-state index in [2.05, 4.69) is 33.6 Å². The zero-order valence-corrected chi connectivity index (χ0v) is 16.3. The van der Waals surface area contributed by atoms with Crippen LogP contribution in [0.4, 0.5) is 5.95 Å². The van der Waals surface area contributed by atoms with Crippen molar-refractivity contribution in [2.24, 2.45) is 4.99 Å². The van der Waals surface area contributed by atoms with Gasteiger partial charge in [0.1, 0.15) is 0 Å². The van der Waals surface area contributed by atoms with Gasteiger partial charge in [0, 0.05) is 18.0 Å². The molecular weight excluding hydrogens is 362 g/mol. The summed E-state index contributed by atoms with van der Waals surface area (Å²) >= 11 is 1.50. The number of hydrogen-bond donors (Lipinski definition) is 2. The predicted octanol–water partition coefficient (Wildman–Crippen LogP) is 2.78. The van der Waals surface area contributed by atoms with E-state index < -0.39 is 6.10 Å². The number of anilines is 1. The van der Waals surface area contributed by atoms with Crippen LogP contribution < -0.4 is 5.32 Å². The van der Waals surface area contributed by atoms with Crippen molar-refractivity contribution in [1.82, 2.24) is 14.9 Å². The average Bonchev–Trinajstić information content (AvgIpc) is 3.23. The largest absolute Gasteiger partial charge is 0.391 e. The van der Waals surface area contributed by atoms with E-state index in [4.69, 9.17) is 0 Å². The fourth-order valence-electron chi connectivity index (χ4n) is 3.06. The number of hydrogen-bond acceptors (Lipinski definition) is 7. The first-order valence-corrected chi connectivity index (χ1v) is 9.56. The zero-order chi connectivity index (χ0) is 19.6. The summed E-state index contributed by atoms with van der Waals surface area (Å²) in [6, 6.07) is 1.74. The Morgan fingerprint density at radius 1 is 1.56 bits per heavy atom. The minimum absolute atomic E-state index is 0.180. The quantitative estimate of drug-likeness (QED) is 0.589. The summed E-state index contributed by atoms with van der Waals surface area (Å²) in [6.07, 6.45) is 3.52. The van der Waals surface area contributed by atoms with E-state index in [-0.39, 0.29) is 11.9 Å². The molecule has 1 unspecified atom stereocenters. The van der Waals surface area contributed by atoms with Gasteiger partial charge in [-0.2, -0.15) is 0 Å². The molecule has 1 aliphatic rings. The summed E-state index contributed by atoms with van der Waals surface area (Å²) in [4.78, 5) is 28.7. The van der Waals surface area contributed by atoms with Gasteiger partial charge in [-0.15, -0.1) is 11.3 Å². The van der Waals surface area contributed by atoms with Gasteiger partial charge in [-0.25, -0.2) is 9.97 Å². The molecule has 2 N–H and O–H groups in total. The van der Waals surface area contributed by atoms with E-state index in [9.17, 15) is 9.90 Å². The lowest BCUT2D eigenvalue weighted by molar-refractivity contribution is 0.0761. The Labute approximate surface area is 162 Å². The van der Waals surface area contributed by atoms with Gasteiger partial charge < -0.3 is 15.3 Å². The maximum Gasteiger partial charge on any atom is 0.274 e. The predicted molar refractivity (Wildman–Crippen MR) is 110 cm³/mol. The van der Waals surface area contributed by atoms with Crippen LogP contribution in [0.15, 0.2) is 35.5 Å². The molecule has 0 saturated carbocycles. The number of allylic oxidation sites excluding steroid dienone is 2. The van der Waals surface area contributed by atoms with Crippen LogP contribution in [0.5, 0.6) is 0 Å². The van der Waals surface area contributed by atoms with Gasteiger partial charge in [-0.3, -0.25) is 9.79 Å². The van der Waals surface area contributed by atoms with Crippen molar-refractivity contribution >= 4 is 40.1 Å². The van der Waals surface area contributed by atoms with Crippen molar-refractivity contribution in [3.8, 4) is 0 Å². The second-order valence-corrected chi connectivity index (χ2v) is 7.77. The topological polar surface area (TPSA) is 90.7 Å². The highest BCUT2D eigenvalue weighted by Gasteiger charge is 2.28. The Morgan fingerprint density at radius 3 is 2.96 bits per heavy atom. The molecule has 0 aliphatic carbocycles. The number of aliphatic hydroxyl groups is 1.